The van der Waals surface area contributed by atoms with Crippen LogP contribution in [0.15, 0.2) is 60.7 Å². The molecule has 0 unspecified atom stereocenters. The van der Waals surface area contributed by atoms with Gasteiger partial charge in [-0.3, -0.25) is 14.5 Å². The lowest BCUT2D eigenvalue weighted by Crippen LogP contribution is -2.40. The van der Waals surface area contributed by atoms with E-state index in [0.717, 1.165) is 0 Å². The number of hydrogen-bond acceptors (Lipinski definition) is 3. The Morgan fingerprint density at radius 1 is 0.786 bits per heavy atom. The van der Waals surface area contributed by atoms with Gasteiger partial charge in [-0.05, 0) is 78.6 Å². The zero-order valence-electron chi connectivity index (χ0n) is 15.0. The van der Waals surface area contributed by atoms with E-state index in [9.17, 15) is 9.59 Å². The fourth-order valence-corrected chi connectivity index (χ4v) is 5.64. The average Bonchev–Trinajstić information content (AvgIpc) is 3.49. The number of allylic oxidation sites excluding steroid dienone is 2. The van der Waals surface area contributed by atoms with E-state index in [-0.39, 0.29) is 35.5 Å². The molecule has 28 heavy (non-hydrogen) atoms. The Bertz CT molecular complexity index is 977. The second-order valence-electron chi connectivity index (χ2n) is 8.22. The number of imide groups is 1. The van der Waals surface area contributed by atoms with Crippen LogP contribution in [0.5, 0.6) is 11.5 Å². The standard InChI is InChI=1S/C23H18ClNO3/c24-12-1-5-14(6-2-12)28-15-7-3-13(4-8-15)25-22(26)20-16-9-10-17(19-11-18(16)19)21(20)23(25)27/h1-10,16-21H,11H2/t16-,17-,18-,19+,20-,21+/m0/s1. The fourth-order valence-electron chi connectivity index (χ4n) is 5.51. The number of benzene rings is 2. The van der Waals surface area contributed by atoms with Crippen molar-refractivity contribution in [2.24, 2.45) is 35.5 Å². The maximum absolute atomic E-state index is 13.1. The molecule has 6 atom stereocenters. The molecule has 0 N–H and O–H groups in total. The van der Waals surface area contributed by atoms with E-state index in [1.54, 1.807) is 48.5 Å². The van der Waals surface area contributed by atoms with Crippen molar-refractivity contribution in [1.29, 1.82) is 0 Å². The van der Waals surface area contributed by atoms with Gasteiger partial charge in [0, 0.05) is 5.02 Å². The van der Waals surface area contributed by atoms with Gasteiger partial charge in [0.2, 0.25) is 11.8 Å². The maximum Gasteiger partial charge on any atom is 0.238 e. The normalized spacial score (nSPS) is 34.4. The molecular formula is C23H18ClNO3. The van der Waals surface area contributed by atoms with E-state index >= 15 is 0 Å². The molecule has 1 saturated heterocycles. The molecule has 140 valence electrons. The van der Waals surface area contributed by atoms with Crippen molar-refractivity contribution < 1.29 is 14.3 Å². The highest BCUT2D eigenvalue weighted by Gasteiger charge is 2.67. The van der Waals surface area contributed by atoms with Gasteiger partial charge in [0.05, 0.1) is 17.5 Å². The van der Waals surface area contributed by atoms with Crippen LogP contribution in [0.25, 0.3) is 0 Å². The van der Waals surface area contributed by atoms with Crippen LogP contribution < -0.4 is 9.64 Å². The topological polar surface area (TPSA) is 46.6 Å². The minimum atomic E-state index is -0.170. The van der Waals surface area contributed by atoms with E-state index in [2.05, 4.69) is 12.2 Å². The van der Waals surface area contributed by atoms with Crippen molar-refractivity contribution in [3.8, 4) is 11.5 Å². The Hall–Kier alpha value is -2.59. The Morgan fingerprint density at radius 3 is 1.82 bits per heavy atom. The number of amides is 2. The lowest BCUT2D eigenvalue weighted by Gasteiger charge is -2.37. The van der Waals surface area contributed by atoms with Gasteiger partial charge in [0.15, 0.2) is 0 Å². The highest BCUT2D eigenvalue weighted by Crippen LogP contribution is 2.65. The largest absolute Gasteiger partial charge is 0.457 e. The zero-order chi connectivity index (χ0) is 19.0. The first-order valence-electron chi connectivity index (χ1n) is 9.71. The molecule has 3 fully saturated rings. The van der Waals surface area contributed by atoms with E-state index in [1.165, 1.54) is 11.3 Å². The first-order valence-corrected chi connectivity index (χ1v) is 10.1. The summed E-state index contributed by atoms with van der Waals surface area (Å²) in [5.41, 5.74) is 0.626. The monoisotopic (exact) mass is 391 g/mol. The minimum Gasteiger partial charge on any atom is -0.457 e. The summed E-state index contributed by atoms with van der Waals surface area (Å²) in [6.45, 7) is 0. The van der Waals surface area contributed by atoms with Gasteiger partial charge in [-0.25, -0.2) is 0 Å². The quantitative estimate of drug-likeness (QED) is 0.563. The van der Waals surface area contributed by atoms with Crippen LogP contribution in [-0.2, 0) is 9.59 Å². The first kappa shape index (κ1) is 16.4. The molecule has 4 nitrogen and oxygen atoms in total. The second-order valence-corrected chi connectivity index (χ2v) is 8.65. The number of ether oxygens (including phenoxy) is 1. The minimum absolute atomic E-state index is 0.0360. The van der Waals surface area contributed by atoms with Crippen LogP contribution >= 0.6 is 11.6 Å². The number of halogens is 1. The highest BCUT2D eigenvalue weighted by atomic mass is 35.5. The van der Waals surface area contributed by atoms with Crippen LogP contribution in [0.4, 0.5) is 5.69 Å². The number of carbonyl (C=O) groups is 2. The average molecular weight is 392 g/mol. The lowest BCUT2D eigenvalue weighted by molar-refractivity contribution is -0.124. The molecule has 0 aromatic heterocycles. The molecule has 2 saturated carbocycles. The van der Waals surface area contributed by atoms with Crippen molar-refractivity contribution in [3.63, 3.8) is 0 Å². The van der Waals surface area contributed by atoms with Gasteiger partial charge in [0.1, 0.15) is 11.5 Å². The molecule has 7 rings (SSSR count). The summed E-state index contributed by atoms with van der Waals surface area (Å²) in [6.07, 6.45) is 5.56. The second kappa shape index (κ2) is 5.71. The highest BCUT2D eigenvalue weighted by molar-refractivity contribution is 6.30. The van der Waals surface area contributed by atoms with Crippen molar-refractivity contribution in [3.05, 3.63) is 65.7 Å². The van der Waals surface area contributed by atoms with E-state index in [1.807, 2.05) is 0 Å². The summed E-state index contributed by atoms with van der Waals surface area (Å²) in [7, 11) is 0. The van der Waals surface area contributed by atoms with Crippen molar-refractivity contribution in [2.45, 2.75) is 6.42 Å². The Kier molecular flexibility index (Phi) is 3.34. The van der Waals surface area contributed by atoms with Crippen molar-refractivity contribution in [1.82, 2.24) is 0 Å². The van der Waals surface area contributed by atoms with Crippen molar-refractivity contribution >= 4 is 29.1 Å². The molecule has 5 aliphatic rings. The summed E-state index contributed by atoms with van der Waals surface area (Å²) >= 11 is 5.89. The Labute approximate surface area is 167 Å². The summed E-state index contributed by atoms with van der Waals surface area (Å²) in [5.74, 6) is 2.63. The smallest absolute Gasteiger partial charge is 0.238 e. The Morgan fingerprint density at radius 2 is 1.29 bits per heavy atom. The zero-order valence-corrected chi connectivity index (χ0v) is 15.8. The van der Waals surface area contributed by atoms with Crippen molar-refractivity contribution in [2.75, 3.05) is 4.90 Å². The Balaban J connectivity index is 1.26. The van der Waals surface area contributed by atoms with Gasteiger partial charge in [-0.2, -0.15) is 0 Å². The summed E-state index contributed by atoms with van der Waals surface area (Å²) in [6, 6.07) is 14.3. The maximum atomic E-state index is 13.1. The van der Waals surface area contributed by atoms with Crippen LogP contribution in [0.1, 0.15) is 6.42 Å². The van der Waals surface area contributed by atoms with Gasteiger partial charge in [-0.15, -0.1) is 0 Å². The molecule has 2 aromatic carbocycles. The summed E-state index contributed by atoms with van der Waals surface area (Å²) < 4.78 is 5.81. The number of nitrogens with zero attached hydrogens (tertiary/aromatic N) is 1. The predicted octanol–water partition coefficient (Wildman–Crippen LogP) is 4.69. The van der Waals surface area contributed by atoms with Gasteiger partial charge >= 0.3 is 0 Å². The SMILES string of the molecule is O=C1[C@@H]2[C@H]3C=C[C@@H]([C@@H]4C[C@H]34)[C@@H]2C(=O)N1c1ccc(Oc2ccc(Cl)cc2)cc1. The van der Waals surface area contributed by atoms with Gasteiger partial charge in [0.25, 0.3) is 0 Å². The van der Waals surface area contributed by atoms with Crippen LogP contribution in [-0.4, -0.2) is 11.8 Å². The predicted molar refractivity (Wildman–Crippen MR) is 105 cm³/mol. The molecule has 2 amide bonds. The van der Waals surface area contributed by atoms with E-state index in [0.29, 0.717) is 34.0 Å². The van der Waals surface area contributed by atoms with Crippen LogP contribution in [0.2, 0.25) is 5.02 Å². The molecule has 1 aliphatic heterocycles. The fraction of sp³-hybridized carbons (Fsp3) is 0.304. The molecule has 5 heteroatoms. The summed E-state index contributed by atoms with van der Waals surface area (Å²) in [5, 5.41) is 0.649. The first-order chi connectivity index (χ1) is 13.6. The van der Waals surface area contributed by atoms with E-state index in [4.69, 9.17) is 16.3 Å². The molecular weight excluding hydrogens is 374 g/mol. The number of hydrogen-bond donors (Lipinski definition) is 0. The molecule has 0 radical (unpaired) electrons. The number of carbonyl (C=O) groups excluding carboxylic acids is 2. The third-order valence-corrected chi connectivity index (χ3v) is 7.06. The molecule has 1 heterocycles. The lowest BCUT2D eigenvalue weighted by atomic mass is 9.63. The van der Waals surface area contributed by atoms with Crippen LogP contribution in [0.3, 0.4) is 0 Å². The van der Waals surface area contributed by atoms with Gasteiger partial charge in [-0.1, -0.05) is 23.8 Å². The van der Waals surface area contributed by atoms with Gasteiger partial charge < -0.3 is 4.74 Å². The van der Waals surface area contributed by atoms with E-state index < -0.39 is 0 Å². The number of anilines is 1. The molecule has 2 bridgehead atoms. The van der Waals surface area contributed by atoms with Crippen LogP contribution in [0, 0.1) is 35.5 Å². The third-order valence-electron chi connectivity index (χ3n) is 6.81. The molecule has 4 aliphatic carbocycles. The third kappa shape index (κ3) is 2.24. The summed E-state index contributed by atoms with van der Waals surface area (Å²) in [4.78, 5) is 27.7. The molecule has 2 aromatic rings. The molecule has 0 spiro atoms. The number of rotatable bonds is 3.